The molecule has 6 heteroatoms. The zero-order chi connectivity index (χ0) is 17.6. The second-order valence-electron chi connectivity index (χ2n) is 6.11. The molecule has 2 unspecified atom stereocenters. The van der Waals surface area contributed by atoms with Crippen molar-refractivity contribution in [2.75, 3.05) is 13.2 Å². The molecule has 2 atom stereocenters. The van der Waals surface area contributed by atoms with E-state index in [-0.39, 0.29) is 5.24 Å². The van der Waals surface area contributed by atoms with Crippen LogP contribution in [0.5, 0.6) is 5.75 Å². The van der Waals surface area contributed by atoms with Crippen LogP contribution in [0.15, 0.2) is 42.6 Å². The van der Waals surface area contributed by atoms with Crippen LogP contribution in [-0.4, -0.2) is 33.7 Å². The lowest BCUT2D eigenvalue weighted by molar-refractivity contribution is 0.199. The van der Waals surface area contributed by atoms with Gasteiger partial charge in [0.25, 0.3) is 5.24 Å². The normalized spacial score (nSPS) is 18.0. The molecule has 1 aliphatic rings. The Morgan fingerprint density at radius 1 is 1.32 bits per heavy atom. The molecule has 0 bridgehead atoms. The number of aliphatic hydroxyl groups excluding tert-OH is 1. The molecule has 0 radical (unpaired) electrons. The van der Waals surface area contributed by atoms with Gasteiger partial charge >= 0.3 is 0 Å². The van der Waals surface area contributed by atoms with Crippen LogP contribution in [-0.2, 0) is 12.8 Å². The molecule has 1 aromatic heterocycles. The SMILES string of the molecule is CC(O)c1ccc(CCOc2ccc(CC3CNC(=O)S3)cc2)nc1. The minimum atomic E-state index is -0.493. The lowest BCUT2D eigenvalue weighted by Gasteiger charge is -2.09. The van der Waals surface area contributed by atoms with E-state index in [1.165, 1.54) is 17.3 Å². The molecule has 0 aliphatic carbocycles. The van der Waals surface area contributed by atoms with Crippen molar-refractivity contribution < 1.29 is 14.6 Å². The van der Waals surface area contributed by atoms with Crippen LogP contribution in [0.2, 0.25) is 0 Å². The van der Waals surface area contributed by atoms with E-state index in [4.69, 9.17) is 4.74 Å². The molecule has 3 rings (SSSR count). The maximum Gasteiger partial charge on any atom is 0.279 e. The average Bonchev–Trinajstić information content (AvgIpc) is 3.02. The molecule has 1 fully saturated rings. The third kappa shape index (κ3) is 5.21. The summed E-state index contributed by atoms with van der Waals surface area (Å²) in [6.07, 6.45) is 2.81. The standard InChI is InChI=1S/C19H22N2O3S/c1-13(22)15-4-5-16(20-11-15)8-9-24-17-6-2-14(3-7-17)10-18-12-21-19(23)25-18/h2-7,11,13,18,22H,8-10,12H2,1H3,(H,21,23). The number of aromatic nitrogens is 1. The molecule has 1 aromatic carbocycles. The van der Waals surface area contributed by atoms with E-state index in [0.29, 0.717) is 18.3 Å². The topological polar surface area (TPSA) is 71.5 Å². The maximum atomic E-state index is 11.2. The minimum absolute atomic E-state index is 0.0695. The number of thioether (sulfide) groups is 1. The van der Waals surface area contributed by atoms with Crippen molar-refractivity contribution in [3.05, 3.63) is 59.4 Å². The van der Waals surface area contributed by atoms with Crippen LogP contribution in [0, 0.1) is 0 Å². The number of nitrogens with one attached hydrogen (secondary N) is 1. The number of carbonyl (C=O) groups is 1. The maximum absolute atomic E-state index is 11.2. The number of amides is 1. The predicted octanol–water partition coefficient (Wildman–Crippen LogP) is 3.12. The second kappa shape index (κ2) is 8.36. The van der Waals surface area contributed by atoms with E-state index in [1.807, 2.05) is 36.4 Å². The molecule has 25 heavy (non-hydrogen) atoms. The van der Waals surface area contributed by atoms with Crippen molar-refractivity contribution in [3.8, 4) is 5.75 Å². The molecule has 2 heterocycles. The summed E-state index contributed by atoms with van der Waals surface area (Å²) in [5, 5.41) is 12.7. The van der Waals surface area contributed by atoms with Crippen LogP contribution in [0.3, 0.4) is 0 Å². The third-order valence-electron chi connectivity index (χ3n) is 4.09. The Morgan fingerprint density at radius 3 is 2.72 bits per heavy atom. The largest absolute Gasteiger partial charge is 0.493 e. The molecule has 132 valence electrons. The Bertz CT molecular complexity index is 702. The first-order valence-electron chi connectivity index (χ1n) is 8.39. The Balaban J connectivity index is 1.44. The molecule has 0 spiro atoms. The first-order chi connectivity index (χ1) is 12.1. The van der Waals surface area contributed by atoms with E-state index in [1.54, 1.807) is 13.1 Å². The molecule has 2 N–H and O–H groups in total. The fourth-order valence-corrected chi connectivity index (χ4v) is 3.55. The van der Waals surface area contributed by atoms with Gasteiger partial charge in [-0.15, -0.1) is 0 Å². The first kappa shape index (κ1) is 17.8. The Hall–Kier alpha value is -2.05. The zero-order valence-corrected chi connectivity index (χ0v) is 15.0. The number of hydrogen-bond acceptors (Lipinski definition) is 5. The van der Waals surface area contributed by atoms with E-state index in [2.05, 4.69) is 10.3 Å². The van der Waals surface area contributed by atoms with Crippen molar-refractivity contribution in [2.24, 2.45) is 0 Å². The molecule has 0 saturated carbocycles. The van der Waals surface area contributed by atoms with Gasteiger partial charge in [0, 0.05) is 30.1 Å². The number of rotatable bonds is 7. The minimum Gasteiger partial charge on any atom is -0.493 e. The number of ether oxygens (including phenoxy) is 1. The summed E-state index contributed by atoms with van der Waals surface area (Å²) in [7, 11) is 0. The van der Waals surface area contributed by atoms with Crippen molar-refractivity contribution in [3.63, 3.8) is 0 Å². The fraction of sp³-hybridized carbons (Fsp3) is 0.368. The van der Waals surface area contributed by atoms with Crippen molar-refractivity contribution in [1.29, 1.82) is 0 Å². The van der Waals surface area contributed by atoms with Crippen molar-refractivity contribution in [2.45, 2.75) is 31.1 Å². The molecule has 2 aromatic rings. The lowest BCUT2D eigenvalue weighted by atomic mass is 10.1. The molecule has 1 amide bonds. The van der Waals surface area contributed by atoms with Gasteiger partial charge in [-0.05, 0) is 42.7 Å². The Morgan fingerprint density at radius 2 is 2.12 bits per heavy atom. The number of hydrogen-bond donors (Lipinski definition) is 2. The number of nitrogens with zero attached hydrogens (tertiary/aromatic N) is 1. The van der Waals surface area contributed by atoms with Crippen LogP contribution in [0.25, 0.3) is 0 Å². The lowest BCUT2D eigenvalue weighted by Crippen LogP contribution is -2.16. The van der Waals surface area contributed by atoms with Crippen LogP contribution in [0.4, 0.5) is 4.79 Å². The summed E-state index contributed by atoms with van der Waals surface area (Å²) in [5.74, 6) is 0.831. The van der Waals surface area contributed by atoms with E-state index < -0.39 is 6.10 Å². The highest BCUT2D eigenvalue weighted by Crippen LogP contribution is 2.23. The highest BCUT2D eigenvalue weighted by molar-refractivity contribution is 8.14. The fourth-order valence-electron chi connectivity index (χ4n) is 2.63. The molecular weight excluding hydrogens is 336 g/mol. The summed E-state index contributed by atoms with van der Waals surface area (Å²) in [6, 6.07) is 11.8. The van der Waals surface area contributed by atoms with Gasteiger partial charge in [-0.1, -0.05) is 30.0 Å². The van der Waals surface area contributed by atoms with Gasteiger partial charge in [0.15, 0.2) is 0 Å². The highest BCUT2D eigenvalue weighted by atomic mass is 32.2. The summed E-state index contributed by atoms with van der Waals surface area (Å²) in [6.45, 7) is 3.02. The molecule has 1 aliphatic heterocycles. The van der Waals surface area contributed by atoms with E-state index >= 15 is 0 Å². The molecule has 5 nitrogen and oxygen atoms in total. The van der Waals surface area contributed by atoms with Crippen molar-refractivity contribution >= 4 is 17.0 Å². The van der Waals surface area contributed by atoms with E-state index in [0.717, 1.165) is 30.0 Å². The van der Waals surface area contributed by atoms with Crippen LogP contribution < -0.4 is 10.1 Å². The smallest absolute Gasteiger partial charge is 0.279 e. The number of carbonyl (C=O) groups excluding carboxylic acids is 1. The first-order valence-corrected chi connectivity index (χ1v) is 9.27. The highest BCUT2D eigenvalue weighted by Gasteiger charge is 2.22. The zero-order valence-electron chi connectivity index (χ0n) is 14.1. The van der Waals surface area contributed by atoms with Gasteiger partial charge in [-0.25, -0.2) is 0 Å². The van der Waals surface area contributed by atoms with Crippen molar-refractivity contribution in [1.82, 2.24) is 10.3 Å². The Kier molecular flexibility index (Phi) is 5.94. The van der Waals surface area contributed by atoms with Gasteiger partial charge in [0.2, 0.25) is 0 Å². The Labute approximate surface area is 151 Å². The monoisotopic (exact) mass is 358 g/mol. The quantitative estimate of drug-likeness (QED) is 0.796. The van der Waals surface area contributed by atoms with Gasteiger partial charge in [0.1, 0.15) is 5.75 Å². The average molecular weight is 358 g/mol. The van der Waals surface area contributed by atoms with Gasteiger partial charge < -0.3 is 15.2 Å². The molecular formula is C19H22N2O3S. The molecule has 1 saturated heterocycles. The van der Waals surface area contributed by atoms with Crippen LogP contribution >= 0.6 is 11.8 Å². The second-order valence-corrected chi connectivity index (χ2v) is 7.39. The number of aliphatic hydroxyl groups is 1. The summed E-state index contributed by atoms with van der Waals surface area (Å²) < 4.78 is 5.77. The summed E-state index contributed by atoms with van der Waals surface area (Å²) in [4.78, 5) is 15.5. The summed E-state index contributed by atoms with van der Waals surface area (Å²) in [5.41, 5.74) is 2.96. The number of benzene rings is 1. The van der Waals surface area contributed by atoms with Gasteiger partial charge in [-0.2, -0.15) is 0 Å². The van der Waals surface area contributed by atoms with E-state index in [9.17, 15) is 9.90 Å². The summed E-state index contributed by atoms with van der Waals surface area (Å²) >= 11 is 1.37. The predicted molar refractivity (Wildman–Crippen MR) is 99.0 cm³/mol. The van der Waals surface area contributed by atoms with Gasteiger partial charge in [0.05, 0.1) is 12.7 Å². The number of pyridine rings is 1. The van der Waals surface area contributed by atoms with Gasteiger partial charge in [-0.3, -0.25) is 9.78 Å². The van der Waals surface area contributed by atoms with Crippen LogP contribution in [0.1, 0.15) is 29.8 Å². The third-order valence-corrected chi connectivity index (χ3v) is 5.12.